The van der Waals surface area contributed by atoms with Gasteiger partial charge in [0.15, 0.2) is 0 Å². The molecule has 1 aliphatic heterocycles. The Balaban J connectivity index is 1.61. The van der Waals surface area contributed by atoms with Crippen LogP contribution in [-0.4, -0.2) is 17.1 Å². The third kappa shape index (κ3) is 3.98. The largest absolute Gasteiger partial charge is 0.388 e. The smallest absolute Gasteiger partial charge is 0.149 e. The Bertz CT molecular complexity index is 806. The summed E-state index contributed by atoms with van der Waals surface area (Å²) in [5, 5.41) is 3.90. The quantitative estimate of drug-likeness (QED) is 0.687. The maximum Gasteiger partial charge on any atom is 0.149 e. The maximum atomic E-state index is 13.9. The average Bonchev–Trinajstić information content (AvgIpc) is 2.92. The van der Waals surface area contributed by atoms with Crippen LogP contribution in [0.4, 0.5) is 17.6 Å². The van der Waals surface area contributed by atoms with Gasteiger partial charge in [0.25, 0.3) is 0 Å². The monoisotopic (exact) mass is 369 g/mol. The highest BCUT2D eigenvalue weighted by Gasteiger charge is 2.35. The summed E-state index contributed by atoms with van der Waals surface area (Å²) in [7, 11) is 0. The summed E-state index contributed by atoms with van der Waals surface area (Å²) < 4.78 is 54.1. The predicted octanol–water partition coefficient (Wildman–Crippen LogP) is 5.06. The summed E-state index contributed by atoms with van der Waals surface area (Å²) in [6.45, 7) is 1.79. The molecule has 1 unspecified atom stereocenters. The highest BCUT2D eigenvalue weighted by Crippen LogP contribution is 2.32. The van der Waals surface area contributed by atoms with E-state index in [0.29, 0.717) is 17.9 Å². The van der Waals surface area contributed by atoms with Crippen LogP contribution in [0.1, 0.15) is 24.5 Å². The Kier molecular flexibility index (Phi) is 5.03. The van der Waals surface area contributed by atoms with Crippen molar-refractivity contribution in [2.75, 3.05) is 5.75 Å². The second-order valence-electron chi connectivity index (χ2n) is 6.07. The fraction of sp³-hybridized carbons (Fsp3) is 0.278. The molecule has 0 bridgehead atoms. The van der Waals surface area contributed by atoms with Gasteiger partial charge in [0, 0.05) is 35.1 Å². The molecule has 0 saturated carbocycles. The van der Waals surface area contributed by atoms with Gasteiger partial charge in [0.2, 0.25) is 0 Å². The molecule has 25 heavy (non-hydrogen) atoms. The molecular formula is C18H15F4NOS. The van der Waals surface area contributed by atoms with E-state index in [9.17, 15) is 17.6 Å². The summed E-state index contributed by atoms with van der Waals surface area (Å²) in [5.41, 5.74) is -0.129. The molecule has 0 aromatic heterocycles. The number of nitrogens with zero attached hydrogens (tertiary/aromatic N) is 1. The van der Waals surface area contributed by atoms with Crippen molar-refractivity contribution < 1.29 is 22.4 Å². The van der Waals surface area contributed by atoms with Crippen molar-refractivity contribution >= 4 is 17.5 Å². The molecule has 0 amide bonds. The van der Waals surface area contributed by atoms with Crippen LogP contribution < -0.4 is 0 Å². The van der Waals surface area contributed by atoms with Crippen molar-refractivity contribution in [3.05, 3.63) is 70.8 Å². The zero-order valence-corrected chi connectivity index (χ0v) is 14.2. The van der Waals surface area contributed by atoms with Crippen LogP contribution in [0.3, 0.4) is 0 Å². The lowest BCUT2D eigenvalue weighted by molar-refractivity contribution is 0.0163. The van der Waals surface area contributed by atoms with Gasteiger partial charge >= 0.3 is 0 Å². The Morgan fingerprint density at radius 1 is 1.08 bits per heavy atom. The summed E-state index contributed by atoms with van der Waals surface area (Å²) in [5.74, 6) is -1.97. The molecule has 0 saturated heterocycles. The first-order valence-corrected chi connectivity index (χ1v) is 8.74. The lowest BCUT2D eigenvalue weighted by atomic mass is 9.97. The van der Waals surface area contributed by atoms with Gasteiger partial charge < -0.3 is 4.84 Å². The van der Waals surface area contributed by atoms with E-state index in [1.165, 1.54) is 36.0 Å². The van der Waals surface area contributed by atoms with Crippen molar-refractivity contribution in [3.63, 3.8) is 0 Å². The highest BCUT2D eigenvalue weighted by atomic mass is 32.2. The molecule has 0 N–H and O–H groups in total. The molecule has 3 rings (SSSR count). The first-order valence-electron chi connectivity index (χ1n) is 7.59. The van der Waals surface area contributed by atoms with Crippen LogP contribution in [0.5, 0.6) is 0 Å². The van der Waals surface area contributed by atoms with E-state index >= 15 is 0 Å². The Morgan fingerprint density at radius 3 is 2.48 bits per heavy atom. The molecule has 1 aliphatic rings. The van der Waals surface area contributed by atoms with Gasteiger partial charge in [-0.05, 0) is 31.2 Å². The Hall–Kier alpha value is -2.02. The fourth-order valence-electron chi connectivity index (χ4n) is 2.57. The van der Waals surface area contributed by atoms with E-state index in [-0.39, 0.29) is 16.9 Å². The highest BCUT2D eigenvalue weighted by molar-refractivity contribution is 7.98. The Morgan fingerprint density at radius 2 is 1.80 bits per heavy atom. The van der Waals surface area contributed by atoms with Crippen molar-refractivity contribution in [1.29, 1.82) is 0 Å². The molecular weight excluding hydrogens is 354 g/mol. The number of oxime groups is 1. The molecule has 0 fully saturated rings. The van der Waals surface area contributed by atoms with Crippen LogP contribution in [0, 0.1) is 23.3 Å². The third-order valence-electron chi connectivity index (χ3n) is 3.88. The van der Waals surface area contributed by atoms with Gasteiger partial charge in [-0.3, -0.25) is 0 Å². The zero-order chi connectivity index (χ0) is 18.0. The van der Waals surface area contributed by atoms with Gasteiger partial charge in [0.05, 0.1) is 5.71 Å². The number of rotatable bonds is 5. The fourth-order valence-corrected chi connectivity index (χ4v) is 3.74. The van der Waals surface area contributed by atoms with Gasteiger partial charge in [0.1, 0.15) is 28.9 Å². The molecule has 2 nitrogen and oxygen atoms in total. The third-order valence-corrected chi connectivity index (χ3v) is 5.18. The number of benzene rings is 2. The summed E-state index contributed by atoms with van der Waals surface area (Å²) >= 11 is 1.30. The van der Waals surface area contributed by atoms with Crippen LogP contribution in [-0.2, 0) is 10.6 Å². The van der Waals surface area contributed by atoms with Gasteiger partial charge in [-0.2, -0.15) is 11.8 Å². The van der Waals surface area contributed by atoms with E-state index < -0.39 is 28.9 Å². The minimum absolute atomic E-state index is 0.0137. The molecule has 132 valence electrons. The van der Waals surface area contributed by atoms with E-state index in [1.807, 2.05) is 0 Å². The van der Waals surface area contributed by atoms with E-state index in [0.717, 1.165) is 12.1 Å². The molecule has 1 heterocycles. The first kappa shape index (κ1) is 17.8. The topological polar surface area (TPSA) is 21.6 Å². The van der Waals surface area contributed by atoms with Crippen molar-refractivity contribution in [3.8, 4) is 0 Å². The number of thioether (sulfide) groups is 1. The van der Waals surface area contributed by atoms with E-state index in [2.05, 4.69) is 5.16 Å². The minimum Gasteiger partial charge on any atom is -0.388 e. The van der Waals surface area contributed by atoms with Gasteiger partial charge in [-0.15, -0.1) is 0 Å². The van der Waals surface area contributed by atoms with E-state index in [1.54, 1.807) is 6.92 Å². The molecule has 0 radical (unpaired) electrons. The van der Waals surface area contributed by atoms with Crippen LogP contribution in [0.15, 0.2) is 41.6 Å². The molecule has 1 atom stereocenters. The second kappa shape index (κ2) is 7.07. The maximum absolute atomic E-state index is 13.9. The van der Waals surface area contributed by atoms with E-state index in [4.69, 9.17) is 4.84 Å². The second-order valence-corrected chi connectivity index (χ2v) is 7.06. The van der Waals surface area contributed by atoms with Crippen molar-refractivity contribution in [2.45, 2.75) is 24.7 Å². The van der Waals surface area contributed by atoms with Gasteiger partial charge in [-0.25, -0.2) is 17.6 Å². The number of hydrogen-bond donors (Lipinski definition) is 0. The van der Waals surface area contributed by atoms with Crippen LogP contribution in [0.25, 0.3) is 0 Å². The lowest BCUT2D eigenvalue weighted by Crippen LogP contribution is -2.28. The van der Waals surface area contributed by atoms with Gasteiger partial charge in [-0.1, -0.05) is 11.2 Å². The Labute approximate surface area is 146 Å². The van der Waals surface area contributed by atoms with Crippen molar-refractivity contribution in [2.24, 2.45) is 5.16 Å². The number of hydrogen-bond acceptors (Lipinski definition) is 3. The molecule has 0 spiro atoms. The lowest BCUT2D eigenvalue weighted by Gasteiger charge is -2.21. The number of halogens is 4. The molecule has 0 aliphatic carbocycles. The minimum atomic E-state index is -0.720. The molecule has 7 heteroatoms. The molecule has 2 aromatic carbocycles. The standard InChI is InChI=1S/C18H15F4NOS/c1-18(10-25-9-13-14(20)3-2-4-15(13)21)8-17(23-24-18)12-6-5-11(19)7-16(12)22/h2-7H,8-10H2,1H3. The molecule has 2 aromatic rings. The van der Waals surface area contributed by atoms with Crippen LogP contribution >= 0.6 is 11.8 Å². The zero-order valence-electron chi connectivity index (χ0n) is 13.4. The first-order chi connectivity index (χ1) is 11.9. The summed E-state index contributed by atoms with van der Waals surface area (Å²) in [4.78, 5) is 5.41. The SMILES string of the molecule is CC1(CSCc2c(F)cccc2F)CC(c2ccc(F)cc2F)=NO1. The average molecular weight is 369 g/mol. The van der Waals surface area contributed by atoms with Crippen molar-refractivity contribution in [1.82, 2.24) is 0 Å². The summed E-state index contributed by atoms with van der Waals surface area (Å²) in [6, 6.07) is 7.02. The normalized spacial score (nSPS) is 19.6. The predicted molar refractivity (Wildman–Crippen MR) is 89.5 cm³/mol. The summed E-state index contributed by atoms with van der Waals surface area (Å²) in [6.07, 6.45) is 0.322. The van der Waals surface area contributed by atoms with Crippen LogP contribution in [0.2, 0.25) is 0 Å².